The lowest BCUT2D eigenvalue weighted by atomic mass is 10.1. The van der Waals surface area contributed by atoms with E-state index in [9.17, 15) is 4.79 Å². The van der Waals surface area contributed by atoms with Crippen LogP contribution in [-0.2, 0) is 0 Å². The summed E-state index contributed by atoms with van der Waals surface area (Å²) < 4.78 is 11.5. The van der Waals surface area contributed by atoms with Crippen molar-refractivity contribution in [3.63, 3.8) is 0 Å². The van der Waals surface area contributed by atoms with E-state index in [4.69, 9.17) is 9.47 Å². The summed E-state index contributed by atoms with van der Waals surface area (Å²) in [6.45, 7) is 0. The number of rotatable bonds is 5. The smallest absolute Gasteiger partial charge is 0.251 e. The summed E-state index contributed by atoms with van der Waals surface area (Å²) >= 11 is 0. The van der Waals surface area contributed by atoms with Gasteiger partial charge in [0.15, 0.2) is 11.5 Å². The molecule has 2 aliphatic carbocycles. The molecule has 4 heteroatoms. The third-order valence-electron chi connectivity index (χ3n) is 5.21. The molecule has 24 heavy (non-hydrogen) atoms. The fourth-order valence-electron chi connectivity index (χ4n) is 3.78. The Balaban J connectivity index is 1.65. The molecule has 0 radical (unpaired) electrons. The molecule has 2 saturated carbocycles. The minimum absolute atomic E-state index is 0.00684. The highest BCUT2D eigenvalue weighted by atomic mass is 16.5. The summed E-state index contributed by atoms with van der Waals surface area (Å²) in [5.74, 6) is 1.39. The predicted octanol–water partition coefficient (Wildman–Crippen LogP) is 4.47. The molecule has 0 spiro atoms. The van der Waals surface area contributed by atoms with Crippen LogP contribution in [0.1, 0.15) is 74.6 Å². The first kappa shape index (κ1) is 17.1. The molecule has 3 rings (SSSR count). The van der Waals surface area contributed by atoms with Gasteiger partial charge < -0.3 is 14.8 Å². The number of methoxy groups -OCH3 is 1. The second kappa shape index (κ2) is 8.41. The van der Waals surface area contributed by atoms with Crippen LogP contribution in [0.25, 0.3) is 0 Å². The van der Waals surface area contributed by atoms with Gasteiger partial charge in [-0.05, 0) is 56.7 Å². The van der Waals surface area contributed by atoms with Crippen molar-refractivity contribution in [2.24, 2.45) is 0 Å². The highest BCUT2D eigenvalue weighted by Crippen LogP contribution is 2.32. The van der Waals surface area contributed by atoms with E-state index in [0.717, 1.165) is 31.4 Å². The summed E-state index contributed by atoms with van der Waals surface area (Å²) in [6, 6.07) is 5.83. The van der Waals surface area contributed by atoms with Gasteiger partial charge >= 0.3 is 0 Å². The highest BCUT2D eigenvalue weighted by molar-refractivity contribution is 5.95. The van der Waals surface area contributed by atoms with Crippen LogP contribution >= 0.6 is 0 Å². The van der Waals surface area contributed by atoms with E-state index >= 15 is 0 Å². The van der Waals surface area contributed by atoms with E-state index < -0.39 is 0 Å². The maximum atomic E-state index is 12.5. The third kappa shape index (κ3) is 4.43. The number of benzene rings is 1. The zero-order chi connectivity index (χ0) is 16.8. The summed E-state index contributed by atoms with van der Waals surface area (Å²) in [4.78, 5) is 12.5. The van der Waals surface area contributed by atoms with Crippen LogP contribution in [-0.4, -0.2) is 25.2 Å². The van der Waals surface area contributed by atoms with Crippen LogP contribution in [0.15, 0.2) is 18.2 Å². The molecular formula is C20H29NO3. The average Bonchev–Trinajstić information content (AvgIpc) is 2.97. The van der Waals surface area contributed by atoms with Crippen molar-refractivity contribution in [3.8, 4) is 11.5 Å². The Bertz CT molecular complexity index is 544. The average molecular weight is 331 g/mol. The molecule has 4 nitrogen and oxygen atoms in total. The predicted molar refractivity (Wildman–Crippen MR) is 94.8 cm³/mol. The number of amides is 1. The zero-order valence-corrected chi connectivity index (χ0v) is 14.7. The third-order valence-corrected chi connectivity index (χ3v) is 5.21. The molecule has 0 atom stereocenters. The van der Waals surface area contributed by atoms with Gasteiger partial charge in [0.05, 0.1) is 13.2 Å². The summed E-state index contributed by atoms with van der Waals surface area (Å²) in [5.41, 5.74) is 0.648. The van der Waals surface area contributed by atoms with Crippen molar-refractivity contribution >= 4 is 5.91 Å². The van der Waals surface area contributed by atoms with E-state index in [-0.39, 0.29) is 12.0 Å². The molecule has 0 saturated heterocycles. The standard InChI is InChI=1S/C20H29NO3/c1-23-19-14-15(12-13-18(19)24-17-10-6-7-11-17)20(22)21-16-8-4-2-3-5-9-16/h12-14,16-17H,2-11H2,1H3,(H,21,22). The molecule has 0 aliphatic heterocycles. The maximum Gasteiger partial charge on any atom is 0.251 e. The van der Waals surface area contributed by atoms with E-state index in [0.29, 0.717) is 17.4 Å². The largest absolute Gasteiger partial charge is 0.493 e. The van der Waals surface area contributed by atoms with Crippen molar-refractivity contribution in [3.05, 3.63) is 23.8 Å². The quantitative estimate of drug-likeness (QED) is 0.810. The fourth-order valence-corrected chi connectivity index (χ4v) is 3.78. The molecule has 0 aromatic heterocycles. The zero-order valence-electron chi connectivity index (χ0n) is 14.7. The summed E-state index contributed by atoms with van der Waals surface area (Å²) in [6.07, 6.45) is 12.1. The SMILES string of the molecule is COc1cc(C(=O)NC2CCCCCC2)ccc1OC1CCCC1. The van der Waals surface area contributed by atoms with Crippen LogP contribution in [0.2, 0.25) is 0 Å². The molecule has 1 amide bonds. The first-order chi connectivity index (χ1) is 11.8. The molecule has 0 heterocycles. The van der Waals surface area contributed by atoms with E-state index in [1.165, 1.54) is 38.5 Å². The minimum atomic E-state index is -0.00684. The molecule has 1 aromatic rings. The number of carbonyl (C=O) groups excluding carboxylic acids is 1. The number of hydrogen-bond acceptors (Lipinski definition) is 3. The molecule has 2 fully saturated rings. The van der Waals surface area contributed by atoms with Gasteiger partial charge in [0.1, 0.15) is 0 Å². The molecule has 2 aliphatic rings. The second-order valence-corrected chi connectivity index (χ2v) is 7.05. The fraction of sp³-hybridized carbons (Fsp3) is 0.650. The van der Waals surface area contributed by atoms with Crippen molar-refractivity contribution in [1.29, 1.82) is 0 Å². The van der Waals surface area contributed by atoms with Gasteiger partial charge in [-0.2, -0.15) is 0 Å². The van der Waals surface area contributed by atoms with Gasteiger partial charge in [-0.15, -0.1) is 0 Å². The topological polar surface area (TPSA) is 47.6 Å². The van der Waals surface area contributed by atoms with Crippen LogP contribution in [0.4, 0.5) is 0 Å². The van der Waals surface area contributed by atoms with E-state index in [2.05, 4.69) is 5.32 Å². The monoisotopic (exact) mass is 331 g/mol. The molecular weight excluding hydrogens is 302 g/mol. The number of hydrogen-bond donors (Lipinski definition) is 1. The molecule has 0 bridgehead atoms. The Morgan fingerprint density at radius 1 is 0.958 bits per heavy atom. The lowest BCUT2D eigenvalue weighted by Gasteiger charge is -2.18. The van der Waals surface area contributed by atoms with Crippen LogP contribution < -0.4 is 14.8 Å². The number of ether oxygens (including phenoxy) is 2. The first-order valence-electron chi connectivity index (χ1n) is 9.42. The lowest BCUT2D eigenvalue weighted by Crippen LogP contribution is -2.34. The summed E-state index contributed by atoms with van der Waals surface area (Å²) in [7, 11) is 1.63. The Kier molecular flexibility index (Phi) is 6.00. The second-order valence-electron chi connectivity index (χ2n) is 7.05. The highest BCUT2D eigenvalue weighted by Gasteiger charge is 2.20. The molecule has 1 N–H and O–H groups in total. The van der Waals surface area contributed by atoms with Gasteiger partial charge in [0.25, 0.3) is 5.91 Å². The van der Waals surface area contributed by atoms with Crippen LogP contribution in [0, 0.1) is 0 Å². The van der Waals surface area contributed by atoms with Crippen LogP contribution in [0.5, 0.6) is 11.5 Å². The Morgan fingerprint density at radius 2 is 1.62 bits per heavy atom. The van der Waals surface area contributed by atoms with E-state index in [1.807, 2.05) is 12.1 Å². The molecule has 132 valence electrons. The Hall–Kier alpha value is -1.71. The van der Waals surface area contributed by atoms with Crippen molar-refractivity contribution in [2.75, 3.05) is 7.11 Å². The normalized spacial score (nSPS) is 19.7. The first-order valence-corrected chi connectivity index (χ1v) is 9.42. The van der Waals surface area contributed by atoms with Crippen molar-refractivity contribution in [2.45, 2.75) is 76.4 Å². The summed E-state index contributed by atoms with van der Waals surface area (Å²) in [5, 5.41) is 3.18. The van der Waals surface area contributed by atoms with Crippen molar-refractivity contribution in [1.82, 2.24) is 5.32 Å². The Morgan fingerprint density at radius 3 is 2.29 bits per heavy atom. The minimum Gasteiger partial charge on any atom is -0.493 e. The van der Waals surface area contributed by atoms with Gasteiger partial charge in [-0.3, -0.25) is 4.79 Å². The molecule has 0 unspecified atom stereocenters. The molecule has 1 aromatic carbocycles. The maximum absolute atomic E-state index is 12.5. The van der Waals surface area contributed by atoms with Gasteiger partial charge in [0.2, 0.25) is 0 Å². The van der Waals surface area contributed by atoms with Gasteiger partial charge in [-0.1, -0.05) is 25.7 Å². The van der Waals surface area contributed by atoms with Crippen molar-refractivity contribution < 1.29 is 14.3 Å². The van der Waals surface area contributed by atoms with Gasteiger partial charge in [0, 0.05) is 11.6 Å². The van der Waals surface area contributed by atoms with Crippen LogP contribution in [0.3, 0.4) is 0 Å². The van der Waals surface area contributed by atoms with E-state index in [1.54, 1.807) is 13.2 Å². The number of nitrogens with one attached hydrogen (secondary N) is 1. The lowest BCUT2D eigenvalue weighted by molar-refractivity contribution is 0.0933. The Labute approximate surface area is 144 Å². The van der Waals surface area contributed by atoms with Gasteiger partial charge in [-0.25, -0.2) is 0 Å². The number of carbonyl (C=O) groups is 1.